The Morgan fingerprint density at radius 2 is 1.67 bits per heavy atom. The van der Waals surface area contributed by atoms with Gasteiger partial charge in [-0.1, -0.05) is 36.0 Å². The van der Waals surface area contributed by atoms with Crippen molar-refractivity contribution < 1.29 is 18.7 Å². The lowest BCUT2D eigenvalue weighted by atomic mass is 10.2. The fraction of sp³-hybridized carbons (Fsp3) is 0.0870. The molecule has 1 aliphatic heterocycles. The van der Waals surface area contributed by atoms with Crippen molar-refractivity contribution in [2.45, 2.75) is 22.8 Å². The van der Waals surface area contributed by atoms with Gasteiger partial charge in [-0.05, 0) is 49.4 Å². The van der Waals surface area contributed by atoms with E-state index in [1.165, 1.54) is 6.39 Å². The maximum absolute atomic E-state index is 13.4. The number of rotatable bonds is 3. The lowest BCUT2D eigenvalue weighted by molar-refractivity contribution is -0.125. The van der Waals surface area contributed by atoms with E-state index in [-0.39, 0.29) is 5.91 Å². The van der Waals surface area contributed by atoms with Crippen LogP contribution in [0.15, 0.2) is 87.3 Å². The van der Waals surface area contributed by atoms with Crippen LogP contribution in [0.4, 0.5) is 11.4 Å². The van der Waals surface area contributed by atoms with Crippen molar-refractivity contribution in [2.24, 2.45) is 0 Å². The zero-order valence-electron chi connectivity index (χ0n) is 15.9. The van der Waals surface area contributed by atoms with Crippen LogP contribution in [0.5, 0.6) is 0 Å². The molecule has 5 rings (SSSR count). The van der Waals surface area contributed by atoms with Crippen molar-refractivity contribution in [3.63, 3.8) is 0 Å². The van der Waals surface area contributed by atoms with Gasteiger partial charge in [0.25, 0.3) is 5.91 Å². The Morgan fingerprint density at radius 3 is 2.37 bits per heavy atom. The van der Waals surface area contributed by atoms with E-state index in [0.29, 0.717) is 16.7 Å². The fourth-order valence-electron chi connectivity index (χ4n) is 3.39. The van der Waals surface area contributed by atoms with Gasteiger partial charge < -0.3 is 9.15 Å². The molecule has 30 heavy (non-hydrogen) atoms. The molecule has 7 heteroatoms. The predicted octanol–water partition coefficient (Wildman–Crippen LogP) is 5.20. The van der Waals surface area contributed by atoms with Gasteiger partial charge in [0.1, 0.15) is 5.52 Å². The van der Waals surface area contributed by atoms with Crippen molar-refractivity contribution >= 4 is 46.1 Å². The molecule has 1 unspecified atom stereocenters. The Hall–Kier alpha value is -3.58. The number of para-hydroxylation sites is 2. The van der Waals surface area contributed by atoms with Crippen LogP contribution in [0.3, 0.4) is 0 Å². The molecule has 1 aliphatic rings. The molecule has 1 amide bonds. The van der Waals surface area contributed by atoms with Gasteiger partial charge in [-0.2, -0.15) is 0 Å². The first-order valence-corrected chi connectivity index (χ1v) is 10.2. The number of hydrogen-bond donors (Lipinski definition) is 0. The molecule has 1 atom stereocenters. The highest BCUT2D eigenvalue weighted by atomic mass is 32.2. The normalized spacial score (nSPS) is 13.4. The number of hydrogen-bond acceptors (Lipinski definition) is 6. The Morgan fingerprint density at radius 1 is 1.00 bits per heavy atom. The summed E-state index contributed by atoms with van der Waals surface area (Å²) in [4.78, 5) is 33.6. The van der Waals surface area contributed by atoms with Gasteiger partial charge in [-0.3, -0.25) is 9.69 Å². The first-order chi connectivity index (χ1) is 14.6. The third-order valence-electron chi connectivity index (χ3n) is 4.85. The molecule has 6 nitrogen and oxygen atoms in total. The van der Waals surface area contributed by atoms with E-state index >= 15 is 0 Å². The number of carbonyl (C=O) groups excluding carboxylic acids is 2. The van der Waals surface area contributed by atoms with Crippen LogP contribution in [-0.2, 0) is 9.53 Å². The molecule has 3 aromatic carbocycles. The zero-order valence-corrected chi connectivity index (χ0v) is 16.8. The highest BCUT2D eigenvalue weighted by Crippen LogP contribution is 2.48. The molecule has 0 spiro atoms. The molecule has 0 fully saturated rings. The number of oxazole rings is 1. The number of carbonyl (C=O) groups is 2. The second-order valence-corrected chi connectivity index (χ2v) is 7.88. The van der Waals surface area contributed by atoms with Crippen molar-refractivity contribution in [1.82, 2.24) is 4.98 Å². The molecule has 2 heterocycles. The van der Waals surface area contributed by atoms with Gasteiger partial charge in [0.05, 0.1) is 16.9 Å². The Labute approximate surface area is 176 Å². The molecule has 1 aromatic heterocycles. The molecule has 148 valence electrons. The lowest BCUT2D eigenvalue weighted by Gasteiger charge is -2.32. The summed E-state index contributed by atoms with van der Waals surface area (Å²) in [5, 5.41) is 0. The standard InChI is InChI=1S/C23H16N2O4S/c1-14(29-23(27)15-10-11-19-16(12-15)24-13-28-19)22(26)25-17-6-2-4-8-20(17)30-21-9-5-3-7-18(21)25/h2-14H,1H3. The molecular weight excluding hydrogens is 400 g/mol. The quantitative estimate of drug-likeness (QED) is 0.427. The first-order valence-electron chi connectivity index (χ1n) is 9.36. The third-order valence-corrected chi connectivity index (χ3v) is 5.98. The topological polar surface area (TPSA) is 72.6 Å². The van der Waals surface area contributed by atoms with E-state index in [9.17, 15) is 9.59 Å². The maximum atomic E-state index is 13.4. The zero-order chi connectivity index (χ0) is 20.7. The van der Waals surface area contributed by atoms with E-state index in [1.807, 2.05) is 48.5 Å². The average molecular weight is 416 g/mol. The predicted molar refractivity (Wildman–Crippen MR) is 113 cm³/mol. The van der Waals surface area contributed by atoms with E-state index < -0.39 is 12.1 Å². The van der Waals surface area contributed by atoms with Gasteiger partial charge in [-0.15, -0.1) is 0 Å². The molecule has 0 N–H and O–H groups in total. The summed E-state index contributed by atoms with van der Waals surface area (Å²) < 4.78 is 10.7. The minimum Gasteiger partial charge on any atom is -0.449 e. The lowest BCUT2D eigenvalue weighted by Crippen LogP contribution is -2.38. The number of fused-ring (bicyclic) bond motifs is 3. The van der Waals surface area contributed by atoms with Crippen LogP contribution in [0.2, 0.25) is 0 Å². The van der Waals surface area contributed by atoms with Crippen LogP contribution in [-0.4, -0.2) is 23.0 Å². The monoisotopic (exact) mass is 416 g/mol. The SMILES string of the molecule is CC(OC(=O)c1ccc2ocnc2c1)C(=O)N1c2ccccc2Sc2ccccc21. The molecular formula is C23H16N2O4S. The first kappa shape index (κ1) is 18.4. The molecule has 0 aliphatic carbocycles. The number of amides is 1. The van der Waals surface area contributed by atoms with Crippen molar-refractivity contribution in [2.75, 3.05) is 4.90 Å². The number of nitrogens with zero attached hydrogens (tertiary/aromatic N) is 2. The van der Waals surface area contributed by atoms with Gasteiger partial charge in [-0.25, -0.2) is 9.78 Å². The van der Waals surface area contributed by atoms with Crippen molar-refractivity contribution in [3.05, 3.63) is 78.7 Å². The molecule has 0 saturated carbocycles. The van der Waals surface area contributed by atoms with Gasteiger partial charge >= 0.3 is 5.97 Å². The summed E-state index contributed by atoms with van der Waals surface area (Å²) in [6, 6.07) is 20.2. The van der Waals surface area contributed by atoms with Crippen LogP contribution in [0.1, 0.15) is 17.3 Å². The van der Waals surface area contributed by atoms with Crippen LogP contribution in [0.25, 0.3) is 11.1 Å². The van der Waals surface area contributed by atoms with E-state index in [4.69, 9.17) is 9.15 Å². The molecule has 0 bridgehead atoms. The van der Waals surface area contributed by atoms with Gasteiger partial charge in [0.2, 0.25) is 0 Å². The smallest absolute Gasteiger partial charge is 0.338 e. The fourth-order valence-corrected chi connectivity index (χ4v) is 4.45. The summed E-state index contributed by atoms with van der Waals surface area (Å²) >= 11 is 1.61. The largest absolute Gasteiger partial charge is 0.449 e. The van der Waals surface area contributed by atoms with E-state index in [2.05, 4.69) is 4.98 Å². The number of esters is 1. The van der Waals surface area contributed by atoms with Crippen molar-refractivity contribution in [3.8, 4) is 0 Å². The highest BCUT2D eigenvalue weighted by Gasteiger charge is 2.32. The van der Waals surface area contributed by atoms with Crippen LogP contribution in [0, 0.1) is 0 Å². The average Bonchev–Trinajstić information content (AvgIpc) is 3.24. The molecule has 0 saturated heterocycles. The highest BCUT2D eigenvalue weighted by molar-refractivity contribution is 7.99. The summed E-state index contributed by atoms with van der Waals surface area (Å²) in [7, 11) is 0. The Kier molecular flexibility index (Phi) is 4.52. The second-order valence-electron chi connectivity index (χ2n) is 6.79. The van der Waals surface area contributed by atoms with Crippen molar-refractivity contribution in [1.29, 1.82) is 0 Å². The molecule has 4 aromatic rings. The maximum Gasteiger partial charge on any atom is 0.338 e. The minimum atomic E-state index is -0.977. The van der Waals surface area contributed by atoms with Gasteiger partial charge in [0, 0.05) is 9.79 Å². The van der Waals surface area contributed by atoms with E-state index in [1.54, 1.807) is 41.8 Å². The summed E-state index contributed by atoms with van der Waals surface area (Å²) in [6.07, 6.45) is 0.338. The van der Waals surface area contributed by atoms with E-state index in [0.717, 1.165) is 21.2 Å². The van der Waals surface area contributed by atoms with Crippen LogP contribution >= 0.6 is 11.8 Å². The molecule has 0 radical (unpaired) electrons. The van der Waals surface area contributed by atoms with Gasteiger partial charge in [0.15, 0.2) is 18.1 Å². The summed E-state index contributed by atoms with van der Waals surface area (Å²) in [6.45, 7) is 1.59. The summed E-state index contributed by atoms with van der Waals surface area (Å²) in [5.41, 5.74) is 3.00. The Bertz CT molecular complexity index is 1240. The second kappa shape index (κ2) is 7.35. The number of anilines is 2. The third kappa shape index (κ3) is 3.13. The number of ether oxygens (including phenoxy) is 1. The van der Waals surface area contributed by atoms with Crippen LogP contribution < -0.4 is 4.90 Å². The number of benzene rings is 3. The Balaban J connectivity index is 1.43. The number of aromatic nitrogens is 1. The summed E-state index contributed by atoms with van der Waals surface area (Å²) in [5.74, 6) is -0.903. The minimum absolute atomic E-state index is 0.311.